The minimum Gasteiger partial charge on any atom is -0.378 e. The van der Waals surface area contributed by atoms with E-state index >= 15 is 0 Å². The minimum absolute atomic E-state index is 0.201. The second kappa shape index (κ2) is 5.46. The van der Waals surface area contributed by atoms with Gasteiger partial charge in [-0.3, -0.25) is 10.1 Å². The summed E-state index contributed by atoms with van der Waals surface area (Å²) in [5, 5.41) is 15.7. The van der Waals surface area contributed by atoms with Crippen molar-refractivity contribution in [2.45, 2.75) is 31.2 Å². The number of non-ortho nitro benzene ring substituents is 1. The molecule has 4 nitrogen and oxygen atoms in total. The van der Waals surface area contributed by atoms with Gasteiger partial charge in [0.25, 0.3) is 5.69 Å². The van der Waals surface area contributed by atoms with Gasteiger partial charge in [-0.15, -0.1) is 0 Å². The van der Waals surface area contributed by atoms with Crippen LogP contribution in [0.1, 0.15) is 42.3 Å². The molecule has 2 fully saturated rings. The molecule has 0 radical (unpaired) electrons. The van der Waals surface area contributed by atoms with Crippen LogP contribution in [0.4, 0.5) is 11.4 Å². The van der Waals surface area contributed by atoms with Gasteiger partial charge < -0.3 is 5.32 Å². The average molecular weight is 355 g/mol. The topological polar surface area (TPSA) is 55.2 Å². The molecule has 5 rings (SSSR count). The summed E-state index contributed by atoms with van der Waals surface area (Å²) in [5.74, 6) is 2.30. The van der Waals surface area contributed by atoms with E-state index in [9.17, 15) is 10.1 Å². The van der Waals surface area contributed by atoms with Gasteiger partial charge in [0.15, 0.2) is 0 Å². The molecule has 5 atom stereocenters. The third kappa shape index (κ3) is 2.27. The van der Waals surface area contributed by atoms with Gasteiger partial charge in [-0.05, 0) is 72.3 Å². The molecule has 3 aliphatic rings. The molecule has 2 bridgehead atoms. The molecule has 1 heterocycles. The monoisotopic (exact) mass is 354 g/mol. The van der Waals surface area contributed by atoms with E-state index in [-0.39, 0.29) is 16.7 Å². The lowest BCUT2D eigenvalue weighted by molar-refractivity contribution is -0.384. The molecular formula is C20H19ClN2O2. The molecule has 5 heteroatoms. The summed E-state index contributed by atoms with van der Waals surface area (Å²) < 4.78 is 0. The number of halogens is 1. The zero-order chi connectivity index (χ0) is 17.1. The molecule has 0 aromatic heterocycles. The Labute approximate surface area is 151 Å². The van der Waals surface area contributed by atoms with Crippen LogP contribution in [0.15, 0.2) is 42.5 Å². The van der Waals surface area contributed by atoms with Crippen molar-refractivity contribution in [2.75, 3.05) is 5.32 Å². The first kappa shape index (κ1) is 15.2. The van der Waals surface area contributed by atoms with Crippen LogP contribution in [0.25, 0.3) is 0 Å². The predicted molar refractivity (Wildman–Crippen MR) is 98.0 cm³/mol. The Hall–Kier alpha value is -2.07. The van der Waals surface area contributed by atoms with E-state index in [2.05, 4.69) is 17.4 Å². The van der Waals surface area contributed by atoms with E-state index in [0.717, 1.165) is 16.3 Å². The zero-order valence-corrected chi connectivity index (χ0v) is 14.4. The highest BCUT2D eigenvalue weighted by Gasteiger charge is 2.54. The maximum Gasteiger partial charge on any atom is 0.269 e. The van der Waals surface area contributed by atoms with E-state index in [1.807, 2.05) is 18.2 Å². The van der Waals surface area contributed by atoms with Crippen molar-refractivity contribution in [2.24, 2.45) is 17.8 Å². The molecule has 2 saturated carbocycles. The number of benzene rings is 2. The fraction of sp³-hybridized carbons (Fsp3) is 0.400. The Bertz CT molecular complexity index is 851. The van der Waals surface area contributed by atoms with Crippen LogP contribution >= 0.6 is 11.6 Å². The SMILES string of the molecule is O=[N+]([O-])c1ccc2c(c1)[C@@H]1[C@H]3CC[C@@H](C3)[C@@H]1[C@@H](c1ccc(Cl)cc1)N2. The quantitative estimate of drug-likeness (QED) is 0.568. The number of nitro groups is 1. The molecule has 1 aliphatic heterocycles. The zero-order valence-electron chi connectivity index (χ0n) is 13.7. The maximum atomic E-state index is 11.2. The van der Waals surface area contributed by atoms with Gasteiger partial charge in [-0.25, -0.2) is 0 Å². The third-order valence-electron chi connectivity index (χ3n) is 6.51. The number of anilines is 1. The fourth-order valence-electron chi connectivity index (χ4n) is 5.59. The van der Waals surface area contributed by atoms with Gasteiger partial charge in [0, 0.05) is 22.8 Å². The molecule has 2 aliphatic carbocycles. The molecule has 2 aromatic rings. The number of nitrogens with one attached hydrogen (secondary N) is 1. The summed E-state index contributed by atoms with van der Waals surface area (Å²) in [6.45, 7) is 0. The lowest BCUT2D eigenvalue weighted by Gasteiger charge is -2.43. The Morgan fingerprint density at radius 2 is 1.84 bits per heavy atom. The molecule has 2 aromatic carbocycles. The van der Waals surface area contributed by atoms with Crippen LogP contribution in [-0.2, 0) is 0 Å². The molecule has 0 saturated heterocycles. The Morgan fingerprint density at radius 1 is 1.08 bits per heavy atom. The van der Waals surface area contributed by atoms with Crippen LogP contribution < -0.4 is 5.32 Å². The smallest absolute Gasteiger partial charge is 0.269 e. The average Bonchev–Trinajstić information content (AvgIpc) is 3.23. The van der Waals surface area contributed by atoms with Gasteiger partial charge in [0.2, 0.25) is 0 Å². The van der Waals surface area contributed by atoms with Crippen LogP contribution in [0.3, 0.4) is 0 Å². The van der Waals surface area contributed by atoms with Crippen LogP contribution in [0.2, 0.25) is 5.02 Å². The van der Waals surface area contributed by atoms with Gasteiger partial charge in [-0.2, -0.15) is 0 Å². The minimum atomic E-state index is -0.284. The number of hydrogen-bond donors (Lipinski definition) is 1. The fourth-order valence-corrected chi connectivity index (χ4v) is 5.71. The van der Waals surface area contributed by atoms with Crippen LogP contribution in [0, 0.1) is 27.9 Å². The number of nitrogens with zero attached hydrogens (tertiary/aromatic N) is 1. The van der Waals surface area contributed by atoms with E-state index in [0.29, 0.717) is 23.7 Å². The van der Waals surface area contributed by atoms with E-state index in [4.69, 9.17) is 11.6 Å². The normalized spacial score (nSPS) is 32.0. The first-order chi connectivity index (χ1) is 12.1. The Balaban J connectivity index is 1.62. The predicted octanol–water partition coefficient (Wildman–Crippen LogP) is 5.54. The van der Waals surface area contributed by atoms with Gasteiger partial charge in [0.1, 0.15) is 0 Å². The second-order valence-corrected chi connectivity index (χ2v) is 8.08. The number of nitro benzene ring substituents is 1. The lowest BCUT2D eigenvalue weighted by atomic mass is 9.68. The standard InChI is InChI=1S/C20H19ClN2O2/c21-14-5-3-11(4-6-14)20-19-13-2-1-12(9-13)18(19)16-10-15(23(24)25)7-8-17(16)22-20/h3-8,10,12-13,18-20,22H,1-2,9H2/t12-,13-,18-,19-,20+/m0/s1. The van der Waals surface area contributed by atoms with E-state index in [1.165, 1.54) is 24.8 Å². The maximum absolute atomic E-state index is 11.2. The molecule has 0 amide bonds. The highest BCUT2D eigenvalue weighted by atomic mass is 35.5. The van der Waals surface area contributed by atoms with Crippen molar-refractivity contribution >= 4 is 23.0 Å². The molecule has 25 heavy (non-hydrogen) atoms. The highest BCUT2D eigenvalue weighted by Crippen LogP contribution is 2.63. The molecule has 1 N–H and O–H groups in total. The lowest BCUT2D eigenvalue weighted by Crippen LogP contribution is -2.35. The van der Waals surface area contributed by atoms with Crippen molar-refractivity contribution in [1.29, 1.82) is 0 Å². The summed E-state index contributed by atoms with van der Waals surface area (Å²) >= 11 is 6.07. The van der Waals surface area contributed by atoms with Crippen molar-refractivity contribution in [1.82, 2.24) is 0 Å². The van der Waals surface area contributed by atoms with Crippen LogP contribution in [-0.4, -0.2) is 4.92 Å². The van der Waals surface area contributed by atoms with Crippen LogP contribution in [0.5, 0.6) is 0 Å². The summed E-state index contributed by atoms with van der Waals surface area (Å²) in [5.41, 5.74) is 3.67. The molecule has 0 unspecified atom stereocenters. The number of hydrogen-bond acceptors (Lipinski definition) is 3. The first-order valence-electron chi connectivity index (χ1n) is 8.92. The largest absolute Gasteiger partial charge is 0.378 e. The number of fused-ring (bicyclic) bond motifs is 7. The highest BCUT2D eigenvalue weighted by molar-refractivity contribution is 6.30. The van der Waals surface area contributed by atoms with E-state index < -0.39 is 0 Å². The molecule has 128 valence electrons. The molecule has 0 spiro atoms. The Morgan fingerprint density at radius 3 is 2.60 bits per heavy atom. The van der Waals surface area contributed by atoms with Gasteiger partial charge in [-0.1, -0.05) is 23.7 Å². The molecular weight excluding hydrogens is 336 g/mol. The Kier molecular flexibility index (Phi) is 3.32. The second-order valence-electron chi connectivity index (χ2n) is 7.64. The van der Waals surface area contributed by atoms with Crippen molar-refractivity contribution in [3.8, 4) is 0 Å². The van der Waals surface area contributed by atoms with Crippen molar-refractivity contribution in [3.05, 3.63) is 68.7 Å². The van der Waals surface area contributed by atoms with Gasteiger partial charge in [0.05, 0.1) is 11.0 Å². The van der Waals surface area contributed by atoms with E-state index in [1.54, 1.807) is 12.1 Å². The van der Waals surface area contributed by atoms with Gasteiger partial charge >= 0.3 is 0 Å². The summed E-state index contributed by atoms with van der Waals surface area (Å²) in [6, 6.07) is 13.7. The first-order valence-corrected chi connectivity index (χ1v) is 9.30. The third-order valence-corrected chi connectivity index (χ3v) is 6.76. The van der Waals surface area contributed by atoms with Crippen molar-refractivity contribution in [3.63, 3.8) is 0 Å². The number of rotatable bonds is 2. The summed E-state index contributed by atoms with van der Waals surface area (Å²) in [6.07, 6.45) is 3.78. The summed E-state index contributed by atoms with van der Waals surface area (Å²) in [7, 11) is 0. The summed E-state index contributed by atoms with van der Waals surface area (Å²) in [4.78, 5) is 10.9. The van der Waals surface area contributed by atoms with Crippen molar-refractivity contribution < 1.29 is 4.92 Å².